The van der Waals surface area contributed by atoms with Crippen LogP contribution in [0.25, 0.3) is 0 Å². The number of sulfonamides is 1. The minimum atomic E-state index is -3.96. The van der Waals surface area contributed by atoms with Gasteiger partial charge in [-0.1, -0.05) is 24.3 Å². The standard InChI is InChI=1S/C24H24FN3O5S/c25-17-9-5-14(6-10-17)13-28(23-16-8-7-15(11-16)22(23)24(30)31)21(29)12-20-26-18-3-1-2-4-19(18)34(32,33)27-20/h1-6,9-10,15-16,22-23H,7-8,11-13H2,(H,26,27)(H,30,31)/t15-,16+,22+,23-/m0/s1. The summed E-state index contributed by atoms with van der Waals surface area (Å²) in [5.74, 6) is -2.39. The van der Waals surface area contributed by atoms with Gasteiger partial charge < -0.3 is 15.3 Å². The van der Waals surface area contributed by atoms with E-state index < -0.39 is 39.7 Å². The number of halogens is 1. The Hall–Kier alpha value is -3.27. The molecule has 2 aromatic carbocycles. The lowest BCUT2D eigenvalue weighted by Gasteiger charge is -2.38. The van der Waals surface area contributed by atoms with E-state index >= 15 is 0 Å². The Morgan fingerprint density at radius 3 is 2.53 bits per heavy atom. The van der Waals surface area contributed by atoms with Gasteiger partial charge in [0, 0.05) is 12.6 Å². The summed E-state index contributed by atoms with van der Waals surface area (Å²) < 4.78 is 42.4. The van der Waals surface area contributed by atoms with E-state index in [1.54, 1.807) is 30.3 Å². The van der Waals surface area contributed by atoms with Crippen LogP contribution in [0.3, 0.4) is 0 Å². The van der Waals surface area contributed by atoms with Crippen LogP contribution in [0, 0.1) is 23.6 Å². The topological polar surface area (TPSA) is 116 Å². The van der Waals surface area contributed by atoms with Gasteiger partial charge in [0.25, 0.3) is 10.0 Å². The predicted octanol–water partition coefficient (Wildman–Crippen LogP) is 3.26. The molecule has 10 heteroatoms. The number of amides is 1. The van der Waals surface area contributed by atoms with Gasteiger partial charge in [0.2, 0.25) is 5.91 Å². The maximum absolute atomic E-state index is 13.6. The van der Waals surface area contributed by atoms with Gasteiger partial charge >= 0.3 is 5.97 Å². The molecule has 178 valence electrons. The number of fused-ring (bicyclic) bond motifs is 3. The van der Waals surface area contributed by atoms with Crippen molar-refractivity contribution >= 4 is 33.4 Å². The molecule has 0 unspecified atom stereocenters. The Kier molecular flexibility index (Phi) is 5.63. The van der Waals surface area contributed by atoms with Crippen molar-refractivity contribution in [1.29, 1.82) is 0 Å². The summed E-state index contributed by atoms with van der Waals surface area (Å²) in [5, 5.41) is 12.9. The van der Waals surface area contributed by atoms with E-state index in [2.05, 4.69) is 9.71 Å². The molecule has 2 aliphatic carbocycles. The molecule has 8 nitrogen and oxygen atoms in total. The van der Waals surface area contributed by atoms with Crippen molar-refractivity contribution in [1.82, 2.24) is 4.90 Å². The molecule has 1 amide bonds. The van der Waals surface area contributed by atoms with Crippen LogP contribution in [0.2, 0.25) is 0 Å². The first kappa shape index (κ1) is 22.5. The van der Waals surface area contributed by atoms with Gasteiger partial charge in [-0.3, -0.25) is 9.59 Å². The second-order valence-electron chi connectivity index (χ2n) is 9.15. The summed E-state index contributed by atoms with van der Waals surface area (Å²) in [6.07, 6.45) is 2.08. The molecular formula is C24H24FN3O5S. The van der Waals surface area contributed by atoms with Crippen LogP contribution in [-0.2, 0) is 26.2 Å². The number of aliphatic carboxylic acids is 1. The summed E-state index contributed by atoms with van der Waals surface area (Å²) >= 11 is 0. The van der Waals surface area contributed by atoms with Crippen molar-refractivity contribution in [2.75, 3.05) is 5.32 Å². The van der Waals surface area contributed by atoms with Gasteiger partial charge in [-0.15, -0.1) is 4.40 Å². The first-order valence-electron chi connectivity index (χ1n) is 11.2. The van der Waals surface area contributed by atoms with Crippen molar-refractivity contribution in [2.45, 2.75) is 43.2 Å². The molecule has 2 saturated carbocycles. The number of benzene rings is 2. The molecule has 2 fully saturated rings. The molecule has 0 aromatic heterocycles. The van der Waals surface area contributed by atoms with Gasteiger partial charge in [-0.05, 0) is 60.9 Å². The number of para-hydroxylation sites is 1. The van der Waals surface area contributed by atoms with Gasteiger partial charge in [-0.25, -0.2) is 4.39 Å². The van der Waals surface area contributed by atoms with E-state index in [1.165, 1.54) is 23.1 Å². The van der Waals surface area contributed by atoms with Crippen LogP contribution in [0.15, 0.2) is 57.8 Å². The van der Waals surface area contributed by atoms with Crippen LogP contribution in [0.5, 0.6) is 0 Å². The largest absolute Gasteiger partial charge is 0.481 e. The van der Waals surface area contributed by atoms with Crippen LogP contribution >= 0.6 is 0 Å². The normalized spacial score (nSPS) is 26.3. The number of nitrogens with one attached hydrogen (secondary N) is 1. The van der Waals surface area contributed by atoms with Crippen molar-refractivity contribution in [3.05, 3.63) is 59.9 Å². The van der Waals surface area contributed by atoms with Crippen molar-refractivity contribution < 1.29 is 27.5 Å². The molecule has 0 radical (unpaired) electrons. The first-order valence-corrected chi connectivity index (χ1v) is 12.6. The average Bonchev–Trinajstić information content (AvgIpc) is 3.40. The lowest BCUT2D eigenvalue weighted by molar-refractivity contribution is -0.149. The summed E-state index contributed by atoms with van der Waals surface area (Å²) in [6, 6.07) is 11.5. The second kappa shape index (κ2) is 8.50. The molecule has 2 bridgehead atoms. The van der Waals surface area contributed by atoms with Crippen molar-refractivity contribution in [3.8, 4) is 0 Å². The lowest BCUT2D eigenvalue weighted by Crippen LogP contribution is -2.50. The number of carbonyl (C=O) groups is 2. The molecule has 1 aliphatic heterocycles. The van der Waals surface area contributed by atoms with E-state index in [0.717, 1.165) is 19.3 Å². The van der Waals surface area contributed by atoms with Crippen molar-refractivity contribution in [2.24, 2.45) is 22.2 Å². The number of hydrogen-bond acceptors (Lipinski definition) is 5. The van der Waals surface area contributed by atoms with E-state index in [1.807, 2.05) is 0 Å². The number of anilines is 1. The monoisotopic (exact) mass is 485 g/mol. The number of amidine groups is 1. The highest BCUT2D eigenvalue weighted by Crippen LogP contribution is 2.51. The Morgan fingerprint density at radius 1 is 1.09 bits per heavy atom. The summed E-state index contributed by atoms with van der Waals surface area (Å²) in [7, 11) is -3.96. The first-order chi connectivity index (χ1) is 16.2. The fourth-order valence-electron chi connectivity index (χ4n) is 5.69. The molecule has 4 atom stereocenters. The summed E-state index contributed by atoms with van der Waals surface area (Å²) in [6.45, 7) is 0.105. The zero-order valence-corrected chi connectivity index (χ0v) is 19.0. The average molecular weight is 486 g/mol. The molecule has 2 N–H and O–H groups in total. The number of carboxylic acids is 1. The highest BCUT2D eigenvalue weighted by Gasteiger charge is 2.54. The summed E-state index contributed by atoms with van der Waals surface area (Å²) in [4.78, 5) is 27.3. The number of nitrogens with zero attached hydrogens (tertiary/aromatic N) is 2. The van der Waals surface area contributed by atoms with E-state index in [9.17, 15) is 27.5 Å². The quantitative estimate of drug-likeness (QED) is 0.649. The molecule has 0 spiro atoms. The lowest BCUT2D eigenvalue weighted by atomic mass is 9.83. The smallest absolute Gasteiger partial charge is 0.308 e. The Morgan fingerprint density at radius 2 is 1.79 bits per heavy atom. The SMILES string of the molecule is O=C(O)[C@@H]1[C@H]2CC[C@H](C2)[C@@H]1N(Cc1ccc(F)cc1)C(=O)CC1=NS(=O)(=O)c2ccccc2N1. The van der Waals surface area contributed by atoms with Crippen LogP contribution in [0.1, 0.15) is 31.2 Å². The Labute approximate surface area is 196 Å². The second-order valence-corrected chi connectivity index (χ2v) is 10.7. The predicted molar refractivity (Wildman–Crippen MR) is 122 cm³/mol. The minimum absolute atomic E-state index is 0.00780. The maximum atomic E-state index is 13.6. The Balaban J connectivity index is 1.45. The highest BCUT2D eigenvalue weighted by molar-refractivity contribution is 7.90. The fraction of sp³-hybridized carbons (Fsp3) is 0.375. The molecule has 1 heterocycles. The van der Waals surface area contributed by atoms with Gasteiger partial charge in [0.05, 0.1) is 18.0 Å². The number of rotatable bonds is 6. The van der Waals surface area contributed by atoms with Crippen molar-refractivity contribution in [3.63, 3.8) is 0 Å². The molecule has 34 heavy (non-hydrogen) atoms. The number of carbonyl (C=O) groups excluding carboxylic acids is 1. The zero-order valence-electron chi connectivity index (χ0n) is 18.2. The van der Waals surface area contributed by atoms with E-state index in [-0.39, 0.29) is 35.5 Å². The summed E-state index contributed by atoms with van der Waals surface area (Å²) in [5.41, 5.74) is 1.01. The minimum Gasteiger partial charge on any atom is -0.481 e. The third-order valence-corrected chi connectivity index (χ3v) is 8.47. The van der Waals surface area contributed by atoms with Crippen LogP contribution in [0.4, 0.5) is 10.1 Å². The highest BCUT2D eigenvalue weighted by atomic mass is 32.2. The van der Waals surface area contributed by atoms with Gasteiger partial charge in [0.1, 0.15) is 16.5 Å². The van der Waals surface area contributed by atoms with E-state index in [4.69, 9.17) is 0 Å². The molecule has 3 aliphatic rings. The van der Waals surface area contributed by atoms with Gasteiger partial charge in [0.15, 0.2) is 0 Å². The molecule has 0 saturated heterocycles. The molecule has 5 rings (SSSR count). The van der Waals surface area contributed by atoms with Gasteiger partial charge in [-0.2, -0.15) is 8.42 Å². The van der Waals surface area contributed by atoms with Crippen LogP contribution < -0.4 is 5.32 Å². The molecular weight excluding hydrogens is 461 g/mol. The third-order valence-electron chi connectivity index (χ3n) is 7.10. The van der Waals surface area contributed by atoms with E-state index in [0.29, 0.717) is 11.3 Å². The Bertz CT molecular complexity index is 1280. The maximum Gasteiger partial charge on any atom is 0.308 e. The fourth-order valence-corrected chi connectivity index (χ4v) is 6.84. The van der Waals surface area contributed by atoms with Crippen LogP contribution in [-0.4, -0.2) is 42.2 Å². The number of carboxylic acid groups (broad SMARTS) is 1. The third kappa shape index (κ3) is 4.06. The number of hydrogen-bond donors (Lipinski definition) is 2. The molecule has 2 aromatic rings. The zero-order chi connectivity index (χ0) is 24.0.